The van der Waals surface area contributed by atoms with Crippen molar-refractivity contribution >= 4 is 21.6 Å². The van der Waals surface area contributed by atoms with Crippen molar-refractivity contribution in [2.24, 2.45) is 0 Å². The van der Waals surface area contributed by atoms with Gasteiger partial charge in [-0.3, -0.25) is 4.79 Å². The lowest BCUT2D eigenvalue weighted by Crippen LogP contribution is -2.10. The summed E-state index contributed by atoms with van der Waals surface area (Å²) in [6.45, 7) is 2.61. The molecule has 0 radical (unpaired) electrons. The van der Waals surface area contributed by atoms with Crippen LogP contribution in [0.5, 0.6) is 5.75 Å². The van der Waals surface area contributed by atoms with Gasteiger partial charge in [0.1, 0.15) is 23.0 Å². The smallest absolute Gasteiger partial charge is 0.260 e. The number of thiophene rings is 1. The highest BCUT2D eigenvalue weighted by Crippen LogP contribution is 2.33. The monoisotopic (exact) mass is 416 g/mol. The number of rotatable bonds is 4. The van der Waals surface area contributed by atoms with Gasteiger partial charge in [-0.2, -0.15) is 0 Å². The summed E-state index contributed by atoms with van der Waals surface area (Å²) in [6, 6.07) is 16.1. The summed E-state index contributed by atoms with van der Waals surface area (Å²) in [6.07, 6.45) is 5.66. The number of nitrogens with one attached hydrogen (secondary N) is 1. The van der Waals surface area contributed by atoms with Crippen LogP contribution in [-0.2, 0) is 19.4 Å². The maximum Gasteiger partial charge on any atom is 0.260 e. The first-order valence-corrected chi connectivity index (χ1v) is 11.3. The van der Waals surface area contributed by atoms with Gasteiger partial charge in [0.15, 0.2) is 0 Å². The van der Waals surface area contributed by atoms with E-state index >= 15 is 0 Å². The molecule has 1 aliphatic carbocycles. The lowest BCUT2D eigenvalue weighted by atomic mass is 10.1. The first kappa shape index (κ1) is 19.1. The molecule has 5 heteroatoms. The Hall–Kier alpha value is -2.92. The third kappa shape index (κ3) is 3.77. The lowest BCUT2D eigenvalue weighted by molar-refractivity contribution is 0.306. The zero-order valence-corrected chi connectivity index (χ0v) is 17.8. The number of hydrogen-bond donors (Lipinski definition) is 1. The average Bonchev–Trinajstić information content (AvgIpc) is 2.95. The summed E-state index contributed by atoms with van der Waals surface area (Å²) >= 11 is 1.69. The quantitative estimate of drug-likeness (QED) is 0.427. The first-order valence-electron chi connectivity index (χ1n) is 10.5. The molecule has 2 aromatic heterocycles. The Morgan fingerprint density at radius 3 is 2.73 bits per heavy atom. The van der Waals surface area contributed by atoms with E-state index < -0.39 is 0 Å². The number of hydrogen-bond acceptors (Lipinski definition) is 4. The van der Waals surface area contributed by atoms with Crippen molar-refractivity contribution in [3.05, 3.63) is 80.5 Å². The minimum Gasteiger partial charge on any atom is -0.489 e. The molecule has 0 atom stereocenters. The predicted octanol–water partition coefficient (Wildman–Crippen LogP) is 5.81. The average molecular weight is 417 g/mol. The second kappa shape index (κ2) is 8.07. The summed E-state index contributed by atoms with van der Waals surface area (Å²) in [5, 5.41) is 0.804. The van der Waals surface area contributed by atoms with Crippen molar-refractivity contribution < 1.29 is 4.74 Å². The van der Waals surface area contributed by atoms with Gasteiger partial charge in [0.05, 0.1) is 5.39 Å². The highest BCUT2D eigenvalue weighted by atomic mass is 32.1. The van der Waals surface area contributed by atoms with E-state index in [1.807, 2.05) is 30.3 Å². The highest BCUT2D eigenvalue weighted by Gasteiger charge is 2.19. The molecule has 0 saturated heterocycles. The molecular formula is C25H24N2O2S. The number of aromatic nitrogens is 2. The van der Waals surface area contributed by atoms with Crippen LogP contribution >= 0.6 is 11.3 Å². The Labute approximate surface area is 179 Å². The van der Waals surface area contributed by atoms with Crippen LogP contribution in [0.15, 0.2) is 53.3 Å². The van der Waals surface area contributed by atoms with E-state index in [0.29, 0.717) is 12.4 Å². The summed E-state index contributed by atoms with van der Waals surface area (Å²) < 4.78 is 5.91. The van der Waals surface area contributed by atoms with Crippen LogP contribution in [0.2, 0.25) is 0 Å². The maximum absolute atomic E-state index is 12.9. The number of aryl methyl sites for hydroxylation is 3. The molecule has 5 rings (SSSR count). The first-order chi connectivity index (χ1) is 14.7. The van der Waals surface area contributed by atoms with Gasteiger partial charge < -0.3 is 9.72 Å². The van der Waals surface area contributed by atoms with Gasteiger partial charge in [0.2, 0.25) is 0 Å². The number of H-pyrrole nitrogens is 1. The van der Waals surface area contributed by atoms with Crippen LogP contribution in [-0.4, -0.2) is 9.97 Å². The van der Waals surface area contributed by atoms with Gasteiger partial charge in [-0.15, -0.1) is 11.3 Å². The fourth-order valence-corrected chi connectivity index (χ4v) is 5.42. The van der Waals surface area contributed by atoms with Gasteiger partial charge in [-0.1, -0.05) is 36.2 Å². The van der Waals surface area contributed by atoms with Crippen molar-refractivity contribution in [2.45, 2.75) is 45.6 Å². The van der Waals surface area contributed by atoms with Crippen LogP contribution in [0, 0.1) is 6.92 Å². The molecule has 0 spiro atoms. The SMILES string of the molecule is Cc1cccc(COc2ccc(-c3nc4sc5c(c4c(=O)[nH]3)CCCCC5)cc2)c1. The van der Waals surface area contributed by atoms with Gasteiger partial charge in [-0.25, -0.2) is 4.98 Å². The molecule has 0 aliphatic heterocycles. The van der Waals surface area contributed by atoms with E-state index in [1.54, 1.807) is 11.3 Å². The van der Waals surface area contributed by atoms with Crippen LogP contribution in [0.4, 0.5) is 0 Å². The normalized spacial score (nSPS) is 13.8. The Morgan fingerprint density at radius 2 is 1.90 bits per heavy atom. The van der Waals surface area contributed by atoms with Crippen LogP contribution < -0.4 is 10.3 Å². The zero-order chi connectivity index (χ0) is 20.5. The van der Waals surface area contributed by atoms with Gasteiger partial charge in [-0.05, 0) is 68.0 Å². The summed E-state index contributed by atoms with van der Waals surface area (Å²) in [7, 11) is 0. The predicted molar refractivity (Wildman–Crippen MR) is 122 cm³/mol. The number of nitrogens with zero attached hydrogens (tertiary/aromatic N) is 1. The number of benzene rings is 2. The molecular weight excluding hydrogens is 392 g/mol. The molecule has 4 nitrogen and oxygen atoms in total. The highest BCUT2D eigenvalue weighted by molar-refractivity contribution is 7.18. The molecule has 0 bridgehead atoms. The number of fused-ring (bicyclic) bond motifs is 3. The van der Waals surface area contributed by atoms with Crippen LogP contribution in [0.25, 0.3) is 21.6 Å². The van der Waals surface area contributed by atoms with Gasteiger partial charge in [0.25, 0.3) is 5.56 Å². The minimum atomic E-state index is -0.0193. The van der Waals surface area contributed by atoms with Crippen LogP contribution in [0.1, 0.15) is 40.8 Å². The van der Waals surface area contributed by atoms with Gasteiger partial charge >= 0.3 is 0 Å². The topological polar surface area (TPSA) is 55.0 Å². The van der Waals surface area contributed by atoms with Crippen molar-refractivity contribution in [2.75, 3.05) is 0 Å². The Bertz CT molecular complexity index is 1250. The van der Waals surface area contributed by atoms with E-state index in [9.17, 15) is 4.79 Å². The molecule has 30 heavy (non-hydrogen) atoms. The Balaban J connectivity index is 1.39. The molecule has 1 aliphatic rings. The van der Waals surface area contributed by atoms with E-state index in [-0.39, 0.29) is 5.56 Å². The molecule has 1 N–H and O–H groups in total. The molecule has 152 valence electrons. The second-order valence-corrected chi connectivity index (χ2v) is 9.04. The molecule has 2 heterocycles. The van der Waals surface area contributed by atoms with E-state index in [0.717, 1.165) is 46.4 Å². The summed E-state index contributed by atoms with van der Waals surface area (Å²) in [5.41, 5.74) is 4.47. The van der Waals surface area contributed by atoms with Gasteiger partial charge in [0, 0.05) is 10.4 Å². The summed E-state index contributed by atoms with van der Waals surface area (Å²) in [4.78, 5) is 22.9. The largest absolute Gasteiger partial charge is 0.489 e. The maximum atomic E-state index is 12.9. The third-order valence-corrected chi connectivity index (χ3v) is 6.88. The van der Waals surface area contributed by atoms with E-state index in [1.165, 1.54) is 28.8 Å². The lowest BCUT2D eigenvalue weighted by Gasteiger charge is -2.08. The molecule has 2 aromatic carbocycles. The van der Waals surface area contributed by atoms with Crippen molar-refractivity contribution in [3.8, 4) is 17.1 Å². The number of ether oxygens (including phenoxy) is 1. The molecule has 0 saturated carbocycles. The Kier molecular flexibility index (Phi) is 5.13. The van der Waals surface area contributed by atoms with Crippen molar-refractivity contribution in [3.63, 3.8) is 0 Å². The zero-order valence-electron chi connectivity index (χ0n) is 17.0. The molecule has 0 unspecified atom stereocenters. The van der Waals surface area contributed by atoms with E-state index in [2.05, 4.69) is 30.1 Å². The second-order valence-electron chi connectivity index (χ2n) is 7.96. The fourth-order valence-electron chi connectivity index (χ4n) is 4.16. The standard InChI is InChI=1S/C25H24N2O2S/c1-16-6-5-7-17(14-16)15-29-19-12-10-18(11-13-19)23-26-24(28)22-20-8-3-2-4-9-21(20)30-25(22)27-23/h5-7,10-14H,2-4,8-9,15H2,1H3,(H,26,27,28). The minimum absolute atomic E-state index is 0.0193. The van der Waals surface area contributed by atoms with E-state index in [4.69, 9.17) is 9.72 Å². The summed E-state index contributed by atoms with van der Waals surface area (Å²) in [5.74, 6) is 1.42. The van der Waals surface area contributed by atoms with Crippen LogP contribution in [0.3, 0.4) is 0 Å². The van der Waals surface area contributed by atoms with Crippen molar-refractivity contribution in [1.29, 1.82) is 0 Å². The molecule has 4 aromatic rings. The molecule has 0 fully saturated rings. The Morgan fingerprint density at radius 1 is 1.07 bits per heavy atom. The van der Waals surface area contributed by atoms with Crippen molar-refractivity contribution in [1.82, 2.24) is 9.97 Å². The third-order valence-electron chi connectivity index (χ3n) is 5.69. The fraction of sp³-hybridized carbons (Fsp3) is 0.280. The number of aromatic amines is 1. The molecule has 0 amide bonds.